The Balaban J connectivity index is 1.78. The van der Waals surface area contributed by atoms with Crippen LogP contribution in [0.2, 0.25) is 0 Å². The molecule has 1 nitrogen and oxygen atoms in total. The van der Waals surface area contributed by atoms with E-state index in [1.165, 1.54) is 49.7 Å². The zero-order chi connectivity index (χ0) is 19.1. The van der Waals surface area contributed by atoms with Gasteiger partial charge in [0.25, 0.3) is 0 Å². The third-order valence-electron chi connectivity index (χ3n) is 5.80. The predicted octanol–water partition coefficient (Wildman–Crippen LogP) is 7.27. The lowest BCUT2D eigenvalue weighted by molar-refractivity contribution is 0.146. The maximum absolute atomic E-state index is 14.6. The van der Waals surface area contributed by atoms with Gasteiger partial charge in [-0.05, 0) is 60.3 Å². The molecule has 2 aromatic rings. The number of hydrogen-bond acceptors (Lipinski definition) is 1. The van der Waals surface area contributed by atoms with Gasteiger partial charge in [-0.25, -0.2) is 4.39 Å². The standard InChI is InChI=1S/C25H31FO/c1-3-7-19-10-12-20(13-11-19)23-8-5-6-9-24(23)21-14-15-22(25(26)17-21)18-27-16-4-2/h4-6,8-9,14-15,17,19-20H,2-3,7,10-13,16,18H2,1H3/t19-,20-. The monoisotopic (exact) mass is 366 g/mol. The molecule has 1 aliphatic rings. The lowest BCUT2D eigenvalue weighted by Crippen LogP contribution is -2.13. The minimum atomic E-state index is -0.196. The van der Waals surface area contributed by atoms with Crippen LogP contribution in [0.3, 0.4) is 0 Å². The van der Waals surface area contributed by atoms with Crippen LogP contribution < -0.4 is 0 Å². The van der Waals surface area contributed by atoms with Crippen LogP contribution in [0.1, 0.15) is 62.5 Å². The molecule has 0 amide bonds. The number of ether oxygens (including phenoxy) is 1. The van der Waals surface area contributed by atoms with Crippen LogP contribution in [-0.2, 0) is 11.3 Å². The topological polar surface area (TPSA) is 9.23 Å². The van der Waals surface area contributed by atoms with Crippen molar-refractivity contribution in [3.63, 3.8) is 0 Å². The van der Waals surface area contributed by atoms with Gasteiger partial charge in [0.05, 0.1) is 13.2 Å². The molecular weight excluding hydrogens is 335 g/mol. The second kappa shape index (κ2) is 9.85. The highest BCUT2D eigenvalue weighted by atomic mass is 19.1. The molecule has 2 aromatic carbocycles. The normalized spacial score (nSPS) is 19.8. The minimum Gasteiger partial charge on any atom is -0.373 e. The Morgan fingerprint density at radius 1 is 1.11 bits per heavy atom. The molecule has 2 heteroatoms. The summed E-state index contributed by atoms with van der Waals surface area (Å²) in [6, 6.07) is 14.1. The van der Waals surface area contributed by atoms with E-state index in [9.17, 15) is 4.39 Å². The smallest absolute Gasteiger partial charge is 0.129 e. The van der Waals surface area contributed by atoms with E-state index in [-0.39, 0.29) is 12.4 Å². The third-order valence-corrected chi connectivity index (χ3v) is 5.80. The van der Waals surface area contributed by atoms with Gasteiger partial charge in [0.1, 0.15) is 5.82 Å². The molecule has 1 fully saturated rings. The van der Waals surface area contributed by atoms with Crippen LogP contribution in [-0.4, -0.2) is 6.61 Å². The number of halogens is 1. The summed E-state index contributed by atoms with van der Waals surface area (Å²) in [6.07, 6.45) is 9.46. The largest absolute Gasteiger partial charge is 0.373 e. The van der Waals surface area contributed by atoms with Gasteiger partial charge in [0.2, 0.25) is 0 Å². The SMILES string of the molecule is C=CCOCc1ccc(-c2ccccc2[C@H]2CC[C@H](CCC)CC2)cc1F. The van der Waals surface area contributed by atoms with Crippen LogP contribution in [0.4, 0.5) is 4.39 Å². The first kappa shape index (κ1) is 19.8. The van der Waals surface area contributed by atoms with Crippen molar-refractivity contribution in [1.82, 2.24) is 0 Å². The molecule has 3 rings (SSSR count). The summed E-state index contributed by atoms with van der Waals surface area (Å²) in [4.78, 5) is 0. The first-order valence-corrected chi connectivity index (χ1v) is 10.3. The highest BCUT2D eigenvalue weighted by Crippen LogP contribution is 2.41. The van der Waals surface area contributed by atoms with E-state index in [1.54, 1.807) is 12.1 Å². The lowest BCUT2D eigenvalue weighted by atomic mass is 9.75. The minimum absolute atomic E-state index is 0.196. The summed E-state index contributed by atoms with van der Waals surface area (Å²) in [5, 5.41) is 0. The van der Waals surface area contributed by atoms with Gasteiger partial charge in [0, 0.05) is 5.56 Å². The Labute approximate surface area is 163 Å². The van der Waals surface area contributed by atoms with E-state index in [0.29, 0.717) is 18.1 Å². The van der Waals surface area contributed by atoms with Crippen molar-refractivity contribution in [3.8, 4) is 11.1 Å². The fourth-order valence-corrected chi connectivity index (χ4v) is 4.37. The van der Waals surface area contributed by atoms with E-state index in [2.05, 4.69) is 37.8 Å². The van der Waals surface area contributed by atoms with Gasteiger partial charge in [-0.15, -0.1) is 6.58 Å². The fourth-order valence-electron chi connectivity index (χ4n) is 4.37. The second-order valence-electron chi connectivity index (χ2n) is 7.70. The Morgan fingerprint density at radius 3 is 2.59 bits per heavy atom. The molecule has 0 aliphatic heterocycles. The van der Waals surface area contributed by atoms with Crippen molar-refractivity contribution < 1.29 is 9.13 Å². The van der Waals surface area contributed by atoms with Crippen LogP contribution in [0.5, 0.6) is 0 Å². The van der Waals surface area contributed by atoms with E-state index in [1.807, 2.05) is 12.1 Å². The molecule has 0 N–H and O–H groups in total. The van der Waals surface area contributed by atoms with Crippen molar-refractivity contribution in [2.45, 2.75) is 58.0 Å². The molecule has 0 bridgehead atoms. The molecule has 0 saturated heterocycles. The Morgan fingerprint density at radius 2 is 1.89 bits per heavy atom. The zero-order valence-electron chi connectivity index (χ0n) is 16.4. The van der Waals surface area contributed by atoms with Crippen LogP contribution >= 0.6 is 0 Å². The first-order valence-electron chi connectivity index (χ1n) is 10.3. The molecule has 0 aromatic heterocycles. The second-order valence-corrected chi connectivity index (χ2v) is 7.70. The number of benzene rings is 2. The molecule has 1 saturated carbocycles. The molecule has 0 atom stereocenters. The molecule has 144 valence electrons. The number of rotatable bonds is 8. The third kappa shape index (κ3) is 5.07. The van der Waals surface area contributed by atoms with Gasteiger partial charge >= 0.3 is 0 Å². The van der Waals surface area contributed by atoms with Crippen LogP contribution in [0, 0.1) is 11.7 Å². The van der Waals surface area contributed by atoms with Crippen molar-refractivity contribution in [2.24, 2.45) is 5.92 Å². The fraction of sp³-hybridized carbons (Fsp3) is 0.440. The van der Waals surface area contributed by atoms with Crippen molar-refractivity contribution in [1.29, 1.82) is 0 Å². The summed E-state index contributed by atoms with van der Waals surface area (Å²) in [5.41, 5.74) is 4.11. The average molecular weight is 367 g/mol. The van der Waals surface area contributed by atoms with Crippen molar-refractivity contribution in [3.05, 3.63) is 72.1 Å². The highest BCUT2D eigenvalue weighted by molar-refractivity contribution is 5.68. The van der Waals surface area contributed by atoms with E-state index in [4.69, 9.17) is 4.74 Å². The van der Waals surface area contributed by atoms with Crippen molar-refractivity contribution in [2.75, 3.05) is 6.61 Å². The van der Waals surface area contributed by atoms with Gasteiger partial charge in [-0.2, -0.15) is 0 Å². The van der Waals surface area contributed by atoms with Gasteiger partial charge in [0.15, 0.2) is 0 Å². The maximum Gasteiger partial charge on any atom is 0.129 e. The van der Waals surface area contributed by atoms with E-state index >= 15 is 0 Å². The van der Waals surface area contributed by atoms with Crippen molar-refractivity contribution >= 4 is 0 Å². The predicted molar refractivity (Wildman–Crippen MR) is 111 cm³/mol. The summed E-state index contributed by atoms with van der Waals surface area (Å²) in [7, 11) is 0. The summed E-state index contributed by atoms with van der Waals surface area (Å²) < 4.78 is 20.0. The molecule has 0 radical (unpaired) electrons. The quantitative estimate of drug-likeness (QED) is 0.352. The summed E-state index contributed by atoms with van der Waals surface area (Å²) >= 11 is 0. The summed E-state index contributed by atoms with van der Waals surface area (Å²) in [6.45, 7) is 6.61. The zero-order valence-corrected chi connectivity index (χ0v) is 16.4. The molecule has 0 spiro atoms. The van der Waals surface area contributed by atoms with E-state index < -0.39 is 0 Å². The first-order chi connectivity index (χ1) is 13.2. The molecule has 27 heavy (non-hydrogen) atoms. The average Bonchev–Trinajstić information content (AvgIpc) is 2.70. The Bertz CT molecular complexity index is 744. The summed E-state index contributed by atoms with van der Waals surface area (Å²) in [5.74, 6) is 1.29. The van der Waals surface area contributed by atoms with Crippen LogP contribution in [0.15, 0.2) is 55.1 Å². The van der Waals surface area contributed by atoms with Gasteiger partial charge < -0.3 is 4.74 Å². The lowest BCUT2D eigenvalue weighted by Gasteiger charge is -2.30. The molecule has 0 heterocycles. The van der Waals surface area contributed by atoms with Crippen LogP contribution in [0.25, 0.3) is 11.1 Å². The number of hydrogen-bond donors (Lipinski definition) is 0. The molecular formula is C25H31FO. The highest BCUT2D eigenvalue weighted by Gasteiger charge is 2.23. The van der Waals surface area contributed by atoms with Gasteiger partial charge in [-0.3, -0.25) is 0 Å². The molecule has 0 unspecified atom stereocenters. The molecule has 1 aliphatic carbocycles. The maximum atomic E-state index is 14.6. The van der Waals surface area contributed by atoms with Gasteiger partial charge in [-0.1, -0.05) is 62.2 Å². The van der Waals surface area contributed by atoms with E-state index in [0.717, 1.165) is 11.5 Å². The Hall–Kier alpha value is -1.93. The Kier molecular flexibility index (Phi) is 7.23.